The number of fused-ring (bicyclic) bond motifs is 7. The van der Waals surface area contributed by atoms with E-state index in [0.717, 1.165) is 17.1 Å². The third-order valence-corrected chi connectivity index (χ3v) is 10.9. The van der Waals surface area contributed by atoms with Gasteiger partial charge in [-0.1, -0.05) is 115 Å². The standard InChI is InChI=1S/C46H30N2S/c1-3-12-31(13-4-1)32-22-24-36(25-23-32)47(44-21-11-19-39-41-28-33-14-7-8-15-34(33)29-45(41)49-46(39)44)37-26-27-43-40(30-37)38-18-9-10-20-42(38)48(43)35-16-5-2-6-17-35/h1-30H. The lowest BCUT2D eigenvalue weighted by molar-refractivity contribution is 1.18. The molecule has 0 fully saturated rings. The molecule has 49 heavy (non-hydrogen) atoms. The van der Waals surface area contributed by atoms with Crippen LogP contribution in [-0.4, -0.2) is 4.57 Å². The van der Waals surface area contributed by atoms with Crippen molar-refractivity contribution >= 4 is 81.1 Å². The van der Waals surface area contributed by atoms with Gasteiger partial charge in [0, 0.05) is 43.3 Å². The number of aromatic nitrogens is 1. The SMILES string of the molecule is c1ccc(-c2ccc(N(c3ccc4c(c3)c3ccccc3n4-c3ccccc3)c3cccc4c3sc3cc5ccccc5cc34)cc2)cc1. The minimum atomic E-state index is 1.13. The molecule has 0 aliphatic carbocycles. The maximum Gasteiger partial charge on any atom is 0.0640 e. The number of thiophene rings is 1. The Kier molecular flexibility index (Phi) is 6.39. The third-order valence-electron chi connectivity index (χ3n) is 9.75. The maximum atomic E-state index is 2.44. The van der Waals surface area contributed by atoms with Gasteiger partial charge in [-0.05, 0) is 88.6 Å². The van der Waals surface area contributed by atoms with Crippen LogP contribution in [0.2, 0.25) is 0 Å². The van der Waals surface area contributed by atoms with Crippen LogP contribution in [0, 0.1) is 0 Å². The molecule has 3 heteroatoms. The Bertz CT molecular complexity index is 2810. The minimum Gasteiger partial charge on any atom is -0.309 e. The molecule has 0 bridgehead atoms. The lowest BCUT2D eigenvalue weighted by atomic mass is 10.0. The van der Waals surface area contributed by atoms with Gasteiger partial charge in [0.2, 0.25) is 0 Å². The molecule has 10 aromatic rings. The molecule has 0 saturated carbocycles. The smallest absolute Gasteiger partial charge is 0.0640 e. The van der Waals surface area contributed by atoms with E-state index in [4.69, 9.17) is 0 Å². The van der Waals surface area contributed by atoms with E-state index >= 15 is 0 Å². The zero-order chi connectivity index (χ0) is 32.3. The molecule has 0 spiro atoms. The van der Waals surface area contributed by atoms with Gasteiger partial charge in [0.1, 0.15) is 0 Å². The highest BCUT2D eigenvalue weighted by atomic mass is 32.1. The van der Waals surface area contributed by atoms with Crippen molar-refractivity contribution in [1.29, 1.82) is 0 Å². The van der Waals surface area contributed by atoms with Gasteiger partial charge in [-0.2, -0.15) is 0 Å². The first-order valence-electron chi connectivity index (χ1n) is 16.7. The highest BCUT2D eigenvalue weighted by molar-refractivity contribution is 7.26. The summed E-state index contributed by atoms with van der Waals surface area (Å²) in [6.45, 7) is 0. The van der Waals surface area contributed by atoms with Crippen molar-refractivity contribution in [2.45, 2.75) is 0 Å². The quantitative estimate of drug-likeness (QED) is 0.181. The molecule has 0 aliphatic heterocycles. The molecule has 0 amide bonds. The van der Waals surface area contributed by atoms with Gasteiger partial charge in [-0.15, -0.1) is 11.3 Å². The van der Waals surface area contributed by atoms with Crippen molar-refractivity contribution in [2.24, 2.45) is 0 Å². The fourth-order valence-corrected chi connectivity index (χ4v) is 8.70. The van der Waals surface area contributed by atoms with Gasteiger partial charge in [-0.3, -0.25) is 0 Å². The molecule has 0 aliphatic rings. The Morgan fingerprint density at radius 3 is 1.86 bits per heavy atom. The Morgan fingerprint density at radius 2 is 1.04 bits per heavy atom. The van der Waals surface area contributed by atoms with E-state index in [0.29, 0.717) is 0 Å². The maximum absolute atomic E-state index is 2.44. The number of nitrogens with zero attached hydrogens (tertiary/aromatic N) is 2. The van der Waals surface area contributed by atoms with E-state index in [9.17, 15) is 0 Å². The van der Waals surface area contributed by atoms with Crippen LogP contribution < -0.4 is 4.90 Å². The number of anilines is 3. The van der Waals surface area contributed by atoms with Gasteiger partial charge >= 0.3 is 0 Å². The van der Waals surface area contributed by atoms with Gasteiger partial charge < -0.3 is 9.47 Å². The summed E-state index contributed by atoms with van der Waals surface area (Å²) in [6, 6.07) is 66.2. The number of rotatable bonds is 5. The molecule has 0 atom stereocenters. The molecule has 0 N–H and O–H groups in total. The summed E-state index contributed by atoms with van der Waals surface area (Å²) in [6.07, 6.45) is 0. The molecular weight excluding hydrogens is 613 g/mol. The highest BCUT2D eigenvalue weighted by Gasteiger charge is 2.21. The van der Waals surface area contributed by atoms with E-state index in [2.05, 4.69) is 191 Å². The normalized spacial score (nSPS) is 11.7. The zero-order valence-corrected chi connectivity index (χ0v) is 27.4. The third kappa shape index (κ3) is 4.55. The number of para-hydroxylation sites is 2. The average molecular weight is 643 g/mol. The van der Waals surface area contributed by atoms with Crippen molar-refractivity contribution in [3.63, 3.8) is 0 Å². The first-order chi connectivity index (χ1) is 24.3. The molecule has 2 nitrogen and oxygen atoms in total. The summed E-state index contributed by atoms with van der Waals surface area (Å²) >= 11 is 1.88. The van der Waals surface area contributed by atoms with Crippen LogP contribution in [0.5, 0.6) is 0 Å². The lowest BCUT2D eigenvalue weighted by Gasteiger charge is -2.26. The molecule has 2 heterocycles. The Morgan fingerprint density at radius 1 is 0.408 bits per heavy atom. The zero-order valence-electron chi connectivity index (χ0n) is 26.6. The molecule has 0 unspecified atom stereocenters. The lowest BCUT2D eigenvalue weighted by Crippen LogP contribution is -2.10. The minimum absolute atomic E-state index is 1.13. The van der Waals surface area contributed by atoms with Crippen LogP contribution in [0.25, 0.3) is 69.6 Å². The van der Waals surface area contributed by atoms with Gasteiger partial charge in [-0.25, -0.2) is 0 Å². The predicted molar refractivity (Wildman–Crippen MR) is 211 cm³/mol. The summed E-state index contributed by atoms with van der Waals surface area (Å²) in [5, 5.41) is 7.62. The van der Waals surface area contributed by atoms with Crippen LogP contribution in [-0.2, 0) is 0 Å². The van der Waals surface area contributed by atoms with Gasteiger partial charge in [0.25, 0.3) is 0 Å². The number of hydrogen-bond donors (Lipinski definition) is 0. The summed E-state index contributed by atoms with van der Waals surface area (Å²) in [4.78, 5) is 2.44. The number of hydrogen-bond acceptors (Lipinski definition) is 2. The van der Waals surface area contributed by atoms with E-state index in [1.165, 1.54) is 69.6 Å². The predicted octanol–water partition coefficient (Wildman–Crippen LogP) is 13.4. The van der Waals surface area contributed by atoms with E-state index in [1.807, 2.05) is 11.3 Å². The molecule has 0 radical (unpaired) electrons. The second-order valence-electron chi connectivity index (χ2n) is 12.6. The van der Waals surface area contributed by atoms with Crippen LogP contribution >= 0.6 is 11.3 Å². The highest BCUT2D eigenvalue weighted by Crippen LogP contribution is 2.47. The largest absolute Gasteiger partial charge is 0.309 e. The van der Waals surface area contributed by atoms with Crippen molar-refractivity contribution in [3.8, 4) is 16.8 Å². The van der Waals surface area contributed by atoms with Crippen molar-refractivity contribution in [2.75, 3.05) is 4.90 Å². The molecule has 2 aromatic heterocycles. The van der Waals surface area contributed by atoms with Crippen LogP contribution in [0.1, 0.15) is 0 Å². The Balaban J connectivity index is 1.22. The van der Waals surface area contributed by atoms with Crippen molar-refractivity contribution in [1.82, 2.24) is 4.57 Å². The monoisotopic (exact) mass is 642 g/mol. The summed E-state index contributed by atoms with van der Waals surface area (Å²) in [5.41, 5.74) is 9.43. The Hall–Kier alpha value is -6.16. The van der Waals surface area contributed by atoms with Gasteiger partial charge in [0.05, 0.1) is 21.4 Å². The van der Waals surface area contributed by atoms with E-state index in [-0.39, 0.29) is 0 Å². The van der Waals surface area contributed by atoms with E-state index in [1.54, 1.807) is 0 Å². The fraction of sp³-hybridized carbons (Fsp3) is 0. The van der Waals surface area contributed by atoms with Crippen molar-refractivity contribution < 1.29 is 0 Å². The fourth-order valence-electron chi connectivity index (χ4n) is 7.46. The van der Waals surface area contributed by atoms with Gasteiger partial charge in [0.15, 0.2) is 0 Å². The van der Waals surface area contributed by atoms with E-state index < -0.39 is 0 Å². The molecule has 10 rings (SSSR count). The Labute approximate surface area is 288 Å². The van der Waals surface area contributed by atoms with Crippen LogP contribution in [0.4, 0.5) is 17.1 Å². The summed E-state index contributed by atoms with van der Waals surface area (Å²) in [7, 11) is 0. The molecule has 230 valence electrons. The summed E-state index contributed by atoms with van der Waals surface area (Å²) < 4.78 is 4.97. The van der Waals surface area contributed by atoms with Crippen LogP contribution in [0.3, 0.4) is 0 Å². The first kappa shape index (κ1) is 27.9. The average Bonchev–Trinajstić information content (AvgIpc) is 3.70. The second kappa shape index (κ2) is 11.2. The molecular formula is C46H30N2S. The van der Waals surface area contributed by atoms with Crippen molar-refractivity contribution in [3.05, 3.63) is 182 Å². The summed E-state index contributed by atoms with van der Waals surface area (Å²) in [5.74, 6) is 0. The second-order valence-corrected chi connectivity index (χ2v) is 13.6. The van der Waals surface area contributed by atoms with Crippen LogP contribution in [0.15, 0.2) is 182 Å². The number of benzene rings is 8. The topological polar surface area (TPSA) is 8.17 Å². The molecule has 0 saturated heterocycles. The first-order valence-corrected chi connectivity index (χ1v) is 17.5. The molecule has 8 aromatic carbocycles.